The van der Waals surface area contributed by atoms with Crippen molar-refractivity contribution in [1.29, 1.82) is 0 Å². The van der Waals surface area contributed by atoms with Crippen molar-refractivity contribution in [3.05, 3.63) is 58.5 Å². The van der Waals surface area contributed by atoms with Crippen molar-refractivity contribution < 1.29 is 4.42 Å². The van der Waals surface area contributed by atoms with Crippen molar-refractivity contribution in [2.24, 2.45) is 0 Å². The Hall–Kier alpha value is -1.69. The van der Waals surface area contributed by atoms with Gasteiger partial charge in [-0.3, -0.25) is 0 Å². The molecule has 6 heteroatoms. The van der Waals surface area contributed by atoms with Crippen LogP contribution in [0.15, 0.2) is 47.1 Å². The molecule has 4 nitrogen and oxygen atoms in total. The molecule has 0 amide bonds. The average Bonchev–Trinajstić information content (AvgIpc) is 3.14. The molecular weight excluding hydrogens is 306 g/mol. The van der Waals surface area contributed by atoms with E-state index < -0.39 is 0 Å². The van der Waals surface area contributed by atoms with Crippen LogP contribution in [0.4, 0.5) is 0 Å². The van der Waals surface area contributed by atoms with Crippen molar-refractivity contribution in [2.75, 3.05) is 6.54 Å². The second-order valence-corrected chi connectivity index (χ2v) is 5.81. The van der Waals surface area contributed by atoms with Crippen LogP contribution in [0.3, 0.4) is 0 Å². The maximum absolute atomic E-state index is 6.00. The lowest BCUT2D eigenvalue weighted by Crippen LogP contribution is -2.21. The van der Waals surface area contributed by atoms with Crippen LogP contribution >= 0.6 is 22.9 Å². The Morgan fingerprint density at radius 1 is 1.24 bits per heavy atom. The van der Waals surface area contributed by atoms with Gasteiger partial charge in [0.15, 0.2) is 5.01 Å². The second kappa shape index (κ2) is 6.39. The van der Waals surface area contributed by atoms with E-state index in [0.717, 1.165) is 22.1 Å². The maximum Gasteiger partial charge on any atom is 0.203 e. The summed E-state index contributed by atoms with van der Waals surface area (Å²) in [7, 11) is 0. The van der Waals surface area contributed by atoms with Crippen molar-refractivity contribution in [3.8, 4) is 10.6 Å². The minimum atomic E-state index is 0.0353. The summed E-state index contributed by atoms with van der Waals surface area (Å²) in [6.07, 6.45) is 1.55. The fraction of sp³-hybridized carbons (Fsp3) is 0.200. The van der Waals surface area contributed by atoms with E-state index in [-0.39, 0.29) is 6.04 Å². The molecule has 0 aliphatic heterocycles. The Bertz CT molecular complexity index is 711. The molecule has 1 unspecified atom stereocenters. The molecule has 0 saturated carbocycles. The number of nitrogens with zero attached hydrogens (tertiary/aromatic N) is 2. The first-order valence-electron chi connectivity index (χ1n) is 6.64. The van der Waals surface area contributed by atoms with Gasteiger partial charge in [0.25, 0.3) is 0 Å². The minimum absolute atomic E-state index is 0.0353. The monoisotopic (exact) mass is 319 g/mol. The predicted octanol–water partition coefficient (Wildman–Crippen LogP) is 4.15. The number of hydrogen-bond donors (Lipinski definition) is 1. The molecule has 21 heavy (non-hydrogen) atoms. The molecular formula is C15H14ClN3OS. The summed E-state index contributed by atoms with van der Waals surface area (Å²) in [5.74, 6) is 0. The van der Waals surface area contributed by atoms with Gasteiger partial charge in [0, 0.05) is 0 Å². The molecule has 0 saturated heterocycles. The smallest absolute Gasteiger partial charge is 0.203 e. The summed E-state index contributed by atoms with van der Waals surface area (Å²) < 4.78 is 5.11. The zero-order chi connectivity index (χ0) is 14.7. The van der Waals surface area contributed by atoms with E-state index in [9.17, 15) is 0 Å². The second-order valence-electron chi connectivity index (χ2n) is 4.45. The lowest BCUT2D eigenvalue weighted by Gasteiger charge is -2.14. The number of halogens is 1. The van der Waals surface area contributed by atoms with Gasteiger partial charge in [0.1, 0.15) is 5.01 Å². The summed E-state index contributed by atoms with van der Waals surface area (Å²) in [6.45, 7) is 2.92. The van der Waals surface area contributed by atoms with E-state index in [1.54, 1.807) is 12.3 Å². The molecule has 108 valence electrons. The lowest BCUT2D eigenvalue weighted by molar-refractivity contribution is 0.570. The van der Waals surface area contributed by atoms with Crippen LogP contribution in [0.2, 0.25) is 5.22 Å². The van der Waals surface area contributed by atoms with E-state index >= 15 is 0 Å². The Labute approximate surface area is 131 Å². The Morgan fingerprint density at radius 3 is 2.71 bits per heavy atom. The van der Waals surface area contributed by atoms with E-state index in [4.69, 9.17) is 16.0 Å². The van der Waals surface area contributed by atoms with Gasteiger partial charge in [-0.1, -0.05) is 48.6 Å². The number of rotatable bonds is 5. The average molecular weight is 320 g/mol. The van der Waals surface area contributed by atoms with Crippen LogP contribution in [0.5, 0.6) is 0 Å². The van der Waals surface area contributed by atoms with Crippen molar-refractivity contribution in [3.63, 3.8) is 0 Å². The van der Waals surface area contributed by atoms with E-state index in [0.29, 0.717) is 5.22 Å². The molecule has 0 aliphatic rings. The van der Waals surface area contributed by atoms with Crippen LogP contribution in [-0.4, -0.2) is 16.7 Å². The number of hydrogen-bond acceptors (Lipinski definition) is 5. The number of benzene rings is 1. The van der Waals surface area contributed by atoms with E-state index in [2.05, 4.69) is 34.6 Å². The first-order valence-corrected chi connectivity index (χ1v) is 7.84. The molecule has 2 heterocycles. The quantitative estimate of drug-likeness (QED) is 0.767. The molecule has 1 N–H and O–H groups in total. The van der Waals surface area contributed by atoms with Gasteiger partial charge in [0.2, 0.25) is 5.22 Å². The normalized spacial score (nSPS) is 12.5. The van der Waals surface area contributed by atoms with Crippen LogP contribution in [0.25, 0.3) is 10.6 Å². The highest BCUT2D eigenvalue weighted by Gasteiger charge is 2.20. The van der Waals surface area contributed by atoms with Gasteiger partial charge in [-0.25, -0.2) is 0 Å². The molecule has 3 rings (SSSR count). The van der Waals surface area contributed by atoms with Crippen molar-refractivity contribution in [1.82, 2.24) is 15.5 Å². The summed E-state index contributed by atoms with van der Waals surface area (Å²) in [5.41, 5.74) is 1.95. The van der Waals surface area contributed by atoms with Crippen LogP contribution < -0.4 is 5.32 Å². The summed E-state index contributed by atoms with van der Waals surface area (Å²) in [6, 6.07) is 12.1. The van der Waals surface area contributed by atoms with Gasteiger partial charge >= 0.3 is 0 Å². The summed E-state index contributed by atoms with van der Waals surface area (Å²) in [4.78, 5) is 0. The molecule has 0 fully saturated rings. The SMILES string of the molecule is CCNC(c1ccccc1)c1nnc(-c2ccoc2Cl)s1. The fourth-order valence-electron chi connectivity index (χ4n) is 2.10. The van der Waals surface area contributed by atoms with Crippen molar-refractivity contribution >= 4 is 22.9 Å². The van der Waals surface area contributed by atoms with Gasteiger partial charge in [-0.05, 0) is 29.8 Å². The van der Waals surface area contributed by atoms with Crippen molar-refractivity contribution in [2.45, 2.75) is 13.0 Å². The third-order valence-electron chi connectivity index (χ3n) is 3.08. The number of nitrogens with one attached hydrogen (secondary N) is 1. The van der Waals surface area contributed by atoms with Gasteiger partial charge < -0.3 is 9.73 Å². The summed E-state index contributed by atoms with van der Waals surface area (Å²) >= 11 is 7.52. The Kier molecular flexibility index (Phi) is 4.34. The number of aromatic nitrogens is 2. The lowest BCUT2D eigenvalue weighted by atomic mass is 10.1. The third-order valence-corrected chi connectivity index (χ3v) is 4.39. The van der Waals surface area contributed by atoms with Crippen LogP contribution in [-0.2, 0) is 0 Å². The number of furan rings is 1. The van der Waals surface area contributed by atoms with Gasteiger partial charge in [-0.15, -0.1) is 10.2 Å². The molecule has 1 atom stereocenters. The van der Waals surface area contributed by atoms with Crippen LogP contribution in [0, 0.1) is 0 Å². The highest BCUT2D eigenvalue weighted by molar-refractivity contribution is 7.14. The van der Waals surface area contributed by atoms with Gasteiger partial charge in [-0.2, -0.15) is 0 Å². The van der Waals surface area contributed by atoms with Gasteiger partial charge in [0.05, 0.1) is 17.9 Å². The first kappa shape index (κ1) is 14.3. The molecule has 0 aliphatic carbocycles. The molecule has 0 bridgehead atoms. The maximum atomic E-state index is 6.00. The fourth-order valence-corrected chi connectivity index (χ4v) is 3.33. The molecule has 2 aromatic heterocycles. The minimum Gasteiger partial charge on any atom is -0.452 e. The van der Waals surface area contributed by atoms with E-state index in [1.165, 1.54) is 16.9 Å². The largest absolute Gasteiger partial charge is 0.452 e. The zero-order valence-electron chi connectivity index (χ0n) is 11.4. The Balaban J connectivity index is 1.94. The highest BCUT2D eigenvalue weighted by atomic mass is 35.5. The molecule has 0 spiro atoms. The topological polar surface area (TPSA) is 51.0 Å². The molecule has 3 aromatic rings. The zero-order valence-corrected chi connectivity index (χ0v) is 13.0. The first-order chi connectivity index (χ1) is 10.3. The van der Waals surface area contributed by atoms with Crippen LogP contribution in [0.1, 0.15) is 23.5 Å². The predicted molar refractivity (Wildman–Crippen MR) is 84.6 cm³/mol. The Morgan fingerprint density at radius 2 is 2.05 bits per heavy atom. The third kappa shape index (κ3) is 3.00. The molecule has 1 aromatic carbocycles. The highest BCUT2D eigenvalue weighted by Crippen LogP contribution is 2.34. The standard InChI is InChI=1S/C15H14ClN3OS/c1-2-17-12(10-6-4-3-5-7-10)15-19-18-14(21-15)11-8-9-20-13(11)16/h3-9,12,17H,2H2,1H3. The summed E-state index contributed by atoms with van der Waals surface area (Å²) in [5, 5.41) is 14.0. The van der Waals surface area contributed by atoms with E-state index in [1.807, 2.05) is 18.2 Å². The molecule has 0 radical (unpaired) electrons.